The van der Waals surface area contributed by atoms with Gasteiger partial charge in [0.25, 0.3) is 0 Å². The van der Waals surface area contributed by atoms with Crippen LogP contribution >= 0.6 is 24.2 Å². The van der Waals surface area contributed by atoms with Crippen molar-refractivity contribution in [2.75, 3.05) is 26.7 Å². The normalized spacial score (nSPS) is 15.0. The third-order valence-corrected chi connectivity index (χ3v) is 9.10. The number of carbonyl (C=O) groups excluding carboxylic acids is 1. The highest BCUT2D eigenvalue weighted by Crippen LogP contribution is 2.38. The predicted molar refractivity (Wildman–Crippen MR) is 175 cm³/mol. The monoisotopic (exact) mass is 630 g/mol. The third-order valence-electron chi connectivity index (χ3n) is 8.24. The fourth-order valence-electron chi connectivity index (χ4n) is 5.62. The number of rotatable bonds is 9. The van der Waals surface area contributed by atoms with Crippen molar-refractivity contribution in [2.45, 2.75) is 30.8 Å². The molecule has 1 atom stereocenters. The summed E-state index contributed by atoms with van der Waals surface area (Å²) >= 11 is 11.5. The van der Waals surface area contributed by atoms with Gasteiger partial charge in [-0.25, -0.2) is 4.98 Å². The van der Waals surface area contributed by atoms with E-state index in [1.807, 2.05) is 73.4 Å². The zero-order chi connectivity index (χ0) is 31.0. The lowest BCUT2D eigenvalue weighted by atomic mass is 9.98. The molecule has 228 valence electrons. The summed E-state index contributed by atoms with van der Waals surface area (Å²) in [5, 5.41) is 4.77. The molecule has 0 saturated carbocycles. The summed E-state index contributed by atoms with van der Waals surface area (Å²) in [5.41, 5.74) is 11.1. The van der Waals surface area contributed by atoms with Crippen molar-refractivity contribution >= 4 is 41.2 Å². The van der Waals surface area contributed by atoms with E-state index in [1.54, 1.807) is 17.1 Å². The Morgan fingerprint density at radius 3 is 2.64 bits per heavy atom. The van der Waals surface area contributed by atoms with E-state index in [9.17, 15) is 4.79 Å². The fraction of sp³-hybridized carbons (Fsp3) is 0.303. The number of nitrogens with two attached hydrogens (primary N) is 1. The molecular weight excluding hydrogens is 596 g/mol. The number of aryl methyl sites for hydroxylation is 1. The standard InChI is InChI=1S/C33H35ClN6O3S/c1-20(25-5-4-6-29(31(25)34)42-18-21-9-11-38(2)12-10-21)43-30-15-24(14-26(32(30)44)33(35)41)40-19-36-27-13-22(7-8-28(27)40)23-16-37-39(3)17-23/h4-8,13-17,19-21,44H,9-12,18H2,1-3H3,(H2,35,41)/t20-/m1/s1. The van der Waals surface area contributed by atoms with Crippen molar-refractivity contribution in [2.24, 2.45) is 18.7 Å². The summed E-state index contributed by atoms with van der Waals surface area (Å²) in [4.78, 5) is 19.8. The number of benzene rings is 3. The van der Waals surface area contributed by atoms with Crippen LogP contribution in [0.25, 0.3) is 27.8 Å². The number of thiol groups is 1. The number of imidazole rings is 1. The van der Waals surface area contributed by atoms with Crippen molar-refractivity contribution in [3.63, 3.8) is 0 Å². The maximum absolute atomic E-state index is 12.5. The van der Waals surface area contributed by atoms with Gasteiger partial charge in [0, 0.05) is 30.4 Å². The van der Waals surface area contributed by atoms with E-state index in [1.165, 1.54) is 0 Å². The number of hydrogen-bond donors (Lipinski definition) is 2. The minimum atomic E-state index is -0.611. The number of piperidine rings is 1. The molecule has 9 nitrogen and oxygen atoms in total. The van der Waals surface area contributed by atoms with Crippen LogP contribution in [0.4, 0.5) is 0 Å². The van der Waals surface area contributed by atoms with Crippen LogP contribution in [0, 0.1) is 5.92 Å². The smallest absolute Gasteiger partial charge is 0.250 e. The van der Waals surface area contributed by atoms with Crippen molar-refractivity contribution in [1.82, 2.24) is 24.2 Å². The molecule has 1 aliphatic rings. The van der Waals surface area contributed by atoms with E-state index in [4.69, 9.17) is 26.8 Å². The molecule has 1 fully saturated rings. The van der Waals surface area contributed by atoms with Gasteiger partial charge in [-0.15, -0.1) is 12.6 Å². The topological polar surface area (TPSA) is 100 Å². The fourth-order valence-corrected chi connectivity index (χ4v) is 6.25. The number of fused-ring (bicyclic) bond motifs is 1. The second kappa shape index (κ2) is 12.6. The minimum absolute atomic E-state index is 0.239. The van der Waals surface area contributed by atoms with Crippen LogP contribution in [0.2, 0.25) is 5.02 Å². The molecule has 2 N–H and O–H groups in total. The van der Waals surface area contributed by atoms with Crippen LogP contribution in [0.5, 0.6) is 11.5 Å². The zero-order valence-electron chi connectivity index (χ0n) is 24.9. The lowest BCUT2D eigenvalue weighted by Crippen LogP contribution is -2.32. The first-order valence-corrected chi connectivity index (χ1v) is 15.4. The van der Waals surface area contributed by atoms with Gasteiger partial charge in [0.1, 0.15) is 23.9 Å². The molecule has 1 aliphatic heterocycles. The summed E-state index contributed by atoms with van der Waals surface area (Å²) in [6.45, 7) is 4.68. The third kappa shape index (κ3) is 6.15. The van der Waals surface area contributed by atoms with E-state index < -0.39 is 12.0 Å². The average Bonchev–Trinajstić information content (AvgIpc) is 3.64. The number of halogens is 1. The number of hydrogen-bond acceptors (Lipinski definition) is 7. The highest BCUT2D eigenvalue weighted by molar-refractivity contribution is 7.80. The van der Waals surface area contributed by atoms with E-state index in [-0.39, 0.29) is 5.56 Å². The Bertz CT molecular complexity index is 1830. The predicted octanol–water partition coefficient (Wildman–Crippen LogP) is 6.33. The summed E-state index contributed by atoms with van der Waals surface area (Å²) in [6, 6.07) is 15.2. The first kappa shape index (κ1) is 30.1. The van der Waals surface area contributed by atoms with Crippen molar-refractivity contribution in [3.8, 4) is 28.3 Å². The highest BCUT2D eigenvalue weighted by atomic mass is 35.5. The number of carbonyl (C=O) groups is 1. The quantitative estimate of drug-likeness (QED) is 0.185. The Labute approximate surface area is 266 Å². The summed E-state index contributed by atoms with van der Waals surface area (Å²) < 4.78 is 16.3. The molecule has 0 bridgehead atoms. The van der Waals surface area contributed by atoms with Gasteiger partial charge in [-0.05, 0) is 75.6 Å². The molecule has 44 heavy (non-hydrogen) atoms. The molecule has 0 unspecified atom stereocenters. The molecule has 0 spiro atoms. The Morgan fingerprint density at radius 2 is 1.91 bits per heavy atom. The summed E-state index contributed by atoms with van der Waals surface area (Å²) in [6.07, 6.45) is 7.22. The van der Waals surface area contributed by atoms with E-state index >= 15 is 0 Å². The number of likely N-dealkylation sites (tertiary alicyclic amines) is 1. The van der Waals surface area contributed by atoms with E-state index in [2.05, 4.69) is 34.7 Å². The molecule has 0 aliphatic carbocycles. The Kier molecular flexibility index (Phi) is 8.57. The molecule has 3 heterocycles. The number of amides is 1. The van der Waals surface area contributed by atoms with Crippen LogP contribution in [-0.2, 0) is 7.05 Å². The maximum atomic E-state index is 12.5. The number of nitrogens with zero attached hydrogens (tertiary/aromatic N) is 5. The maximum Gasteiger partial charge on any atom is 0.250 e. The van der Waals surface area contributed by atoms with Crippen LogP contribution in [0.15, 0.2) is 72.1 Å². The van der Waals surface area contributed by atoms with Gasteiger partial charge >= 0.3 is 0 Å². The second-order valence-corrected chi connectivity index (χ2v) is 12.2. The molecule has 6 rings (SSSR count). The molecule has 3 aromatic carbocycles. The highest BCUT2D eigenvalue weighted by Gasteiger charge is 2.22. The second-order valence-electron chi connectivity index (χ2n) is 11.4. The average molecular weight is 631 g/mol. The van der Waals surface area contributed by atoms with Crippen LogP contribution in [0.1, 0.15) is 41.8 Å². The van der Waals surface area contributed by atoms with Crippen molar-refractivity contribution in [1.29, 1.82) is 0 Å². The lowest BCUT2D eigenvalue weighted by molar-refractivity contribution is 0.0996. The van der Waals surface area contributed by atoms with E-state index in [0.717, 1.165) is 53.7 Å². The Hall–Kier alpha value is -3.99. The first-order valence-electron chi connectivity index (χ1n) is 14.6. The molecule has 5 aromatic rings. The van der Waals surface area contributed by atoms with Crippen LogP contribution < -0.4 is 15.2 Å². The summed E-state index contributed by atoms with van der Waals surface area (Å²) in [5.74, 6) is 0.920. The van der Waals surface area contributed by atoms with Gasteiger partial charge in [0.15, 0.2) is 0 Å². The molecule has 11 heteroatoms. The molecular formula is C33H35ClN6O3S. The van der Waals surface area contributed by atoms with Crippen LogP contribution in [0.3, 0.4) is 0 Å². The zero-order valence-corrected chi connectivity index (χ0v) is 26.6. The SMILES string of the molecule is C[C@@H](Oc1cc(-n2cnc3cc(-c4cnn(C)c4)ccc32)cc(C(N)=O)c1S)c1cccc(OCC2CCN(C)CC2)c1Cl. The van der Waals surface area contributed by atoms with Gasteiger partial charge in [0.05, 0.1) is 45.0 Å². The summed E-state index contributed by atoms with van der Waals surface area (Å²) in [7, 11) is 4.03. The van der Waals surface area contributed by atoms with Gasteiger partial charge in [-0.1, -0.05) is 29.8 Å². The number of aromatic nitrogens is 4. The Balaban J connectivity index is 1.27. The van der Waals surface area contributed by atoms with Gasteiger partial charge in [0.2, 0.25) is 5.91 Å². The van der Waals surface area contributed by atoms with Gasteiger partial charge in [-0.3, -0.25) is 14.0 Å². The number of ether oxygens (including phenoxy) is 2. The minimum Gasteiger partial charge on any atom is -0.492 e. The van der Waals surface area contributed by atoms with Gasteiger partial charge in [-0.2, -0.15) is 5.10 Å². The molecule has 2 aromatic heterocycles. The molecule has 1 saturated heterocycles. The van der Waals surface area contributed by atoms with E-state index in [0.29, 0.717) is 39.6 Å². The van der Waals surface area contributed by atoms with Crippen molar-refractivity contribution < 1.29 is 14.3 Å². The number of primary amides is 1. The lowest BCUT2D eigenvalue weighted by Gasteiger charge is -2.29. The van der Waals surface area contributed by atoms with Crippen molar-refractivity contribution in [3.05, 3.63) is 83.4 Å². The molecule has 0 radical (unpaired) electrons. The van der Waals surface area contributed by atoms with Crippen LogP contribution in [-0.4, -0.2) is 56.9 Å². The Morgan fingerprint density at radius 1 is 1.11 bits per heavy atom. The first-order chi connectivity index (χ1) is 21.2. The van der Waals surface area contributed by atoms with Gasteiger partial charge < -0.3 is 20.1 Å². The molecule has 1 amide bonds. The largest absolute Gasteiger partial charge is 0.492 e.